The molecule has 10 nitrogen and oxygen atoms in total. The molecule has 2 heterocycles. The number of ether oxygens (including phenoxy) is 1. The zero-order chi connectivity index (χ0) is 28.3. The quantitative estimate of drug-likeness (QED) is 0.229. The number of halogens is 2. The number of nitrogens with zero attached hydrogens (tertiary/aromatic N) is 4. The van der Waals surface area contributed by atoms with Crippen LogP contribution in [0.4, 0.5) is 0 Å². The van der Waals surface area contributed by atoms with Crippen molar-refractivity contribution in [2.24, 2.45) is 0 Å². The van der Waals surface area contributed by atoms with E-state index < -0.39 is 29.1 Å². The summed E-state index contributed by atoms with van der Waals surface area (Å²) in [5.41, 5.74) is -0.142. The Kier molecular flexibility index (Phi) is 8.45. The van der Waals surface area contributed by atoms with Crippen molar-refractivity contribution in [2.75, 3.05) is 6.61 Å². The summed E-state index contributed by atoms with van der Waals surface area (Å²) in [5, 5.41) is 25.2. The zero-order valence-corrected chi connectivity index (χ0v) is 23.0. The highest BCUT2D eigenvalue weighted by Gasteiger charge is 2.35. The molecule has 0 aliphatic carbocycles. The third-order valence-corrected chi connectivity index (χ3v) is 7.74. The first-order chi connectivity index (χ1) is 18.6. The summed E-state index contributed by atoms with van der Waals surface area (Å²) in [6.45, 7) is 3.32. The van der Waals surface area contributed by atoms with Crippen molar-refractivity contribution in [3.8, 4) is 22.8 Å². The topological polar surface area (TPSA) is 147 Å². The molecule has 0 aliphatic heterocycles. The third kappa shape index (κ3) is 5.86. The highest BCUT2D eigenvalue weighted by molar-refractivity contribution is 7.14. The summed E-state index contributed by atoms with van der Waals surface area (Å²) in [4.78, 5) is 44.9. The second-order valence-electron chi connectivity index (χ2n) is 8.85. The molecule has 1 N–H and O–H groups in total. The van der Waals surface area contributed by atoms with E-state index >= 15 is 0 Å². The van der Waals surface area contributed by atoms with Gasteiger partial charge in [0.05, 0.1) is 17.6 Å². The molecule has 1 unspecified atom stereocenters. The summed E-state index contributed by atoms with van der Waals surface area (Å²) >= 11 is 14.4. The lowest BCUT2D eigenvalue weighted by atomic mass is 9.85. The average Bonchev–Trinajstić information content (AvgIpc) is 3.35. The van der Waals surface area contributed by atoms with Crippen molar-refractivity contribution in [3.63, 3.8) is 0 Å². The summed E-state index contributed by atoms with van der Waals surface area (Å²) in [5.74, 6) is -1.53. The molecular weight excluding hydrogens is 567 g/mol. The Bertz CT molecular complexity index is 1570. The Morgan fingerprint density at radius 3 is 2.46 bits per heavy atom. The summed E-state index contributed by atoms with van der Waals surface area (Å²) in [7, 11) is 0. The van der Waals surface area contributed by atoms with E-state index in [0.717, 1.165) is 22.2 Å². The minimum Gasteiger partial charge on any atom is -0.857 e. The maximum Gasteiger partial charge on any atom is 0.368 e. The van der Waals surface area contributed by atoms with Gasteiger partial charge in [0, 0.05) is 45.5 Å². The molecule has 0 saturated carbocycles. The molecule has 4 aromatic rings. The number of esters is 1. The fourth-order valence-electron chi connectivity index (χ4n) is 3.88. The van der Waals surface area contributed by atoms with Crippen LogP contribution in [0.2, 0.25) is 10.0 Å². The Labute approximate surface area is 236 Å². The summed E-state index contributed by atoms with van der Waals surface area (Å²) in [6, 6.07) is 11.9. The number of thiazole rings is 1. The molecule has 39 heavy (non-hydrogen) atoms. The first-order valence-electron chi connectivity index (χ1n) is 11.5. The largest absolute Gasteiger partial charge is 0.857 e. The average molecular weight is 588 g/mol. The second-order valence-corrected chi connectivity index (χ2v) is 10.7. The van der Waals surface area contributed by atoms with Gasteiger partial charge in [0.25, 0.3) is 0 Å². The lowest BCUT2D eigenvalue weighted by molar-refractivity contribution is -0.276. The van der Waals surface area contributed by atoms with Crippen LogP contribution in [-0.4, -0.2) is 49.8 Å². The lowest BCUT2D eigenvalue weighted by Gasteiger charge is -2.26. The van der Waals surface area contributed by atoms with E-state index in [1.165, 1.54) is 12.1 Å². The predicted molar refractivity (Wildman–Crippen MR) is 144 cm³/mol. The van der Waals surface area contributed by atoms with E-state index in [1.54, 1.807) is 24.3 Å². The summed E-state index contributed by atoms with van der Waals surface area (Å²) in [6.07, 6.45) is 0.223. The van der Waals surface area contributed by atoms with E-state index in [-0.39, 0.29) is 33.6 Å². The highest BCUT2D eigenvalue weighted by atomic mass is 35.5. The van der Waals surface area contributed by atoms with E-state index in [4.69, 9.17) is 38.0 Å². The molecule has 0 saturated heterocycles. The normalized spacial score (nSPS) is 12.2. The molecule has 0 fully saturated rings. The van der Waals surface area contributed by atoms with Gasteiger partial charge in [0.1, 0.15) is 9.88 Å². The number of benzene rings is 2. The van der Waals surface area contributed by atoms with E-state index in [1.807, 2.05) is 19.9 Å². The predicted octanol–water partition coefficient (Wildman–Crippen LogP) is 3.56. The van der Waals surface area contributed by atoms with Gasteiger partial charge in [0.2, 0.25) is 0 Å². The van der Waals surface area contributed by atoms with Crippen LogP contribution in [0, 0.1) is 0 Å². The Morgan fingerprint density at radius 2 is 1.87 bits per heavy atom. The number of aliphatic hydroxyl groups is 1. The number of aldehydes is 1. The zero-order valence-electron chi connectivity index (χ0n) is 20.6. The number of carbonyl (C=O) groups excluding carboxylic acids is 2. The lowest BCUT2D eigenvalue weighted by Crippen LogP contribution is -2.25. The maximum absolute atomic E-state index is 13.1. The van der Waals surface area contributed by atoms with Crippen molar-refractivity contribution >= 4 is 46.8 Å². The van der Waals surface area contributed by atoms with Crippen LogP contribution in [0.15, 0.2) is 53.5 Å². The van der Waals surface area contributed by atoms with Gasteiger partial charge in [-0.3, -0.25) is 4.79 Å². The van der Waals surface area contributed by atoms with Crippen molar-refractivity contribution in [1.82, 2.24) is 19.7 Å². The fourth-order valence-corrected chi connectivity index (χ4v) is 5.91. The molecule has 0 spiro atoms. The van der Waals surface area contributed by atoms with Crippen LogP contribution in [0.3, 0.4) is 0 Å². The smallest absolute Gasteiger partial charge is 0.368 e. The van der Waals surface area contributed by atoms with Crippen LogP contribution in [0.1, 0.15) is 40.5 Å². The second kappa shape index (κ2) is 11.6. The van der Waals surface area contributed by atoms with Crippen molar-refractivity contribution in [2.45, 2.75) is 31.8 Å². The minimum absolute atomic E-state index is 0.0321. The van der Waals surface area contributed by atoms with Gasteiger partial charge in [-0.2, -0.15) is 9.78 Å². The van der Waals surface area contributed by atoms with Gasteiger partial charge >= 0.3 is 11.7 Å². The highest BCUT2D eigenvalue weighted by Crippen LogP contribution is 2.44. The number of rotatable bonds is 9. The standard InChI is InChI=1S/C26H22Cl2N4O6S/c1-26(2,20-17(27)10-15(11-18(20)28)32-25(37)30-19(35)12-29-32)24-31-21(14-6-4-3-5-7-14)22(39-24)23(36)38-16(13-34)8-9-33/h3-7,10-13,16,33H,8-9H2,1-2H3,(H,30,35,37)/p-1. The minimum atomic E-state index is -1.11. The molecule has 0 bridgehead atoms. The molecule has 13 heteroatoms. The number of aromatic nitrogens is 4. The van der Waals surface area contributed by atoms with Crippen LogP contribution in [0.5, 0.6) is 5.88 Å². The SMILES string of the molecule is CC(C)(c1nc(-c2ccccc2)c(C(=O)OC(C=O)CCO)s1)c1c(Cl)cc(-n2ncc([O-])nc2=O)cc1Cl. The van der Waals surface area contributed by atoms with Gasteiger partial charge in [-0.1, -0.05) is 53.5 Å². The first-order valence-corrected chi connectivity index (χ1v) is 13.1. The van der Waals surface area contributed by atoms with Gasteiger partial charge in [-0.25, -0.2) is 19.6 Å². The van der Waals surface area contributed by atoms with Gasteiger partial charge < -0.3 is 14.9 Å². The Morgan fingerprint density at radius 1 is 1.21 bits per heavy atom. The van der Waals surface area contributed by atoms with Crippen LogP contribution in [0.25, 0.3) is 16.9 Å². The van der Waals surface area contributed by atoms with Crippen LogP contribution in [-0.2, 0) is 14.9 Å². The van der Waals surface area contributed by atoms with Crippen molar-refractivity contribution < 1.29 is 24.5 Å². The monoisotopic (exact) mass is 587 g/mol. The molecule has 1 atom stereocenters. The molecule has 2 aromatic heterocycles. The fraction of sp³-hybridized carbons (Fsp3) is 0.231. The molecular formula is C26H21Cl2N4O6S-. The molecule has 2 aromatic carbocycles. The number of aliphatic hydroxyl groups excluding tert-OH is 1. The summed E-state index contributed by atoms with van der Waals surface area (Å²) < 4.78 is 6.24. The van der Waals surface area contributed by atoms with Crippen LogP contribution < -0.4 is 10.8 Å². The van der Waals surface area contributed by atoms with Crippen LogP contribution >= 0.6 is 34.5 Å². The maximum atomic E-state index is 13.1. The Balaban J connectivity index is 1.80. The van der Waals surface area contributed by atoms with Crippen molar-refractivity contribution in [1.29, 1.82) is 0 Å². The molecule has 0 amide bonds. The first kappa shape index (κ1) is 28.4. The van der Waals surface area contributed by atoms with Gasteiger partial charge in [-0.05, 0) is 26.0 Å². The number of hydrogen-bond donors (Lipinski definition) is 1. The van der Waals surface area contributed by atoms with Gasteiger partial charge in [-0.15, -0.1) is 11.3 Å². The van der Waals surface area contributed by atoms with Crippen molar-refractivity contribution in [3.05, 3.63) is 84.6 Å². The molecule has 4 rings (SSSR count). The molecule has 0 radical (unpaired) electrons. The molecule has 202 valence electrons. The Hall–Kier alpha value is -3.64. The van der Waals surface area contributed by atoms with E-state index in [0.29, 0.717) is 28.1 Å². The van der Waals surface area contributed by atoms with E-state index in [9.17, 15) is 19.5 Å². The number of hydrogen-bond acceptors (Lipinski definition) is 10. The molecule has 0 aliphatic rings. The van der Waals surface area contributed by atoms with E-state index in [2.05, 4.69) is 10.1 Å². The van der Waals surface area contributed by atoms with Gasteiger partial charge in [0.15, 0.2) is 12.4 Å². The number of carbonyl (C=O) groups is 2. The third-order valence-electron chi connectivity index (χ3n) is 5.79.